The van der Waals surface area contributed by atoms with Gasteiger partial charge in [-0.25, -0.2) is 0 Å². The van der Waals surface area contributed by atoms with Gasteiger partial charge in [0.2, 0.25) is 0 Å². The topological polar surface area (TPSA) is 23.5 Å². The third-order valence-electron chi connectivity index (χ3n) is 2.99. The van der Waals surface area contributed by atoms with E-state index in [1.165, 1.54) is 5.56 Å². The predicted molar refractivity (Wildman–Crippen MR) is 61.9 cm³/mol. The van der Waals surface area contributed by atoms with Crippen LogP contribution in [0.4, 0.5) is 5.69 Å². The summed E-state index contributed by atoms with van der Waals surface area (Å²) in [5.41, 5.74) is 3.51. The lowest BCUT2D eigenvalue weighted by Gasteiger charge is -2.32. The number of anilines is 1. The van der Waals surface area contributed by atoms with E-state index >= 15 is 0 Å². The molecular weight excluding hydrogens is 186 g/mol. The second-order valence-electron chi connectivity index (χ2n) is 4.40. The molecule has 15 heavy (non-hydrogen) atoms. The molecule has 2 radical (unpaired) electrons. The van der Waals surface area contributed by atoms with Gasteiger partial charge < -0.3 is 10.0 Å². The van der Waals surface area contributed by atoms with Gasteiger partial charge in [0.05, 0.1) is 0 Å². The van der Waals surface area contributed by atoms with Gasteiger partial charge in [-0.15, -0.1) is 0 Å². The lowest BCUT2D eigenvalue weighted by Crippen LogP contribution is -2.35. The number of hydrogen-bond donors (Lipinski definition) is 1. The molecule has 0 spiro atoms. The average molecular weight is 203 g/mol. The quantitative estimate of drug-likeness (QED) is 0.757. The lowest BCUT2D eigenvalue weighted by molar-refractivity contribution is 0.171. The van der Waals surface area contributed by atoms with Gasteiger partial charge in [0.25, 0.3) is 0 Å². The van der Waals surface area contributed by atoms with E-state index in [4.69, 9.17) is 0 Å². The van der Waals surface area contributed by atoms with Crippen molar-refractivity contribution in [2.75, 3.05) is 11.9 Å². The normalized spacial score (nSPS) is 20.6. The van der Waals surface area contributed by atoms with E-state index in [0.717, 1.165) is 11.3 Å². The summed E-state index contributed by atoms with van der Waals surface area (Å²) in [6.45, 7) is 4.37. The molecule has 1 aromatic rings. The summed E-state index contributed by atoms with van der Waals surface area (Å²) in [6, 6.07) is 6.36. The van der Waals surface area contributed by atoms with Gasteiger partial charge in [-0.05, 0) is 23.1 Å². The van der Waals surface area contributed by atoms with Crippen molar-refractivity contribution in [1.82, 2.24) is 0 Å². The maximum Gasteiger partial charge on any atom is 0.127 e. The van der Waals surface area contributed by atoms with Crippen molar-refractivity contribution in [3.8, 4) is 0 Å². The fraction of sp³-hybridized carbons (Fsp3) is 0.462. The van der Waals surface area contributed by atoms with Crippen LogP contribution in [0.5, 0.6) is 0 Å². The molecule has 1 heterocycles. The zero-order valence-electron chi connectivity index (χ0n) is 9.49. The summed E-state index contributed by atoms with van der Waals surface area (Å²) in [7, 11) is 1.92. The monoisotopic (exact) mass is 203 g/mol. The zero-order chi connectivity index (χ0) is 11.0. The van der Waals surface area contributed by atoms with Gasteiger partial charge in [0, 0.05) is 25.6 Å². The molecule has 0 amide bonds. The molecule has 0 bridgehead atoms. The number of fused-ring (bicyclic) bond motifs is 1. The largest absolute Gasteiger partial charge is 0.374 e. The third kappa shape index (κ3) is 1.86. The van der Waals surface area contributed by atoms with Crippen LogP contribution >= 0.6 is 0 Å². The average Bonchev–Trinajstić information content (AvgIpc) is 2.23. The standard InChI is InChI=1S/C13H17NO/c1-9(2)10-4-6-12-11(8-10)5-7-13(15)14(12)3/h4,6,8-9,13,15H,7H2,1-3H3. The Morgan fingerprint density at radius 3 is 2.87 bits per heavy atom. The molecule has 0 aliphatic carbocycles. The number of rotatable bonds is 1. The molecule has 1 N–H and O–H groups in total. The second-order valence-corrected chi connectivity index (χ2v) is 4.40. The molecule has 1 unspecified atom stereocenters. The third-order valence-corrected chi connectivity index (χ3v) is 2.99. The summed E-state index contributed by atoms with van der Waals surface area (Å²) >= 11 is 0. The summed E-state index contributed by atoms with van der Waals surface area (Å²) in [5, 5.41) is 9.67. The molecule has 2 rings (SSSR count). The van der Waals surface area contributed by atoms with Crippen LogP contribution in [0.2, 0.25) is 0 Å². The van der Waals surface area contributed by atoms with Crippen LogP contribution < -0.4 is 4.90 Å². The highest BCUT2D eigenvalue weighted by Crippen LogP contribution is 2.32. The first-order valence-corrected chi connectivity index (χ1v) is 5.38. The Kier molecular flexibility index (Phi) is 2.70. The Balaban J connectivity index is 2.38. The van der Waals surface area contributed by atoms with Gasteiger partial charge in [-0.1, -0.05) is 26.0 Å². The maximum absolute atomic E-state index is 9.67. The van der Waals surface area contributed by atoms with Crippen molar-refractivity contribution in [3.63, 3.8) is 0 Å². The summed E-state index contributed by atoms with van der Waals surface area (Å²) in [4.78, 5) is 1.90. The van der Waals surface area contributed by atoms with Crippen LogP contribution in [0.1, 0.15) is 37.3 Å². The smallest absolute Gasteiger partial charge is 0.127 e. The van der Waals surface area contributed by atoms with E-state index in [2.05, 4.69) is 38.5 Å². The highest BCUT2D eigenvalue weighted by Gasteiger charge is 2.21. The van der Waals surface area contributed by atoms with Crippen LogP contribution in [-0.2, 0) is 0 Å². The molecule has 80 valence electrons. The second kappa shape index (κ2) is 3.86. The van der Waals surface area contributed by atoms with E-state index in [1.807, 2.05) is 11.9 Å². The molecule has 0 saturated carbocycles. The number of benzene rings is 1. The predicted octanol–water partition coefficient (Wildman–Crippen LogP) is 2.40. The zero-order valence-corrected chi connectivity index (χ0v) is 9.49. The Hall–Kier alpha value is -1.02. The number of aliphatic hydroxyl groups excluding tert-OH is 1. The molecule has 0 saturated heterocycles. The highest BCUT2D eigenvalue weighted by molar-refractivity contribution is 5.60. The van der Waals surface area contributed by atoms with Gasteiger partial charge in [0.15, 0.2) is 0 Å². The number of aliphatic hydroxyl groups is 1. The first-order valence-electron chi connectivity index (χ1n) is 5.38. The van der Waals surface area contributed by atoms with E-state index < -0.39 is 6.23 Å². The first kappa shape index (κ1) is 10.5. The minimum Gasteiger partial charge on any atom is -0.374 e. The van der Waals surface area contributed by atoms with Crippen LogP contribution in [-0.4, -0.2) is 18.4 Å². The van der Waals surface area contributed by atoms with Crippen LogP contribution in [0, 0.1) is 6.42 Å². The number of hydrogen-bond acceptors (Lipinski definition) is 2. The summed E-state index contributed by atoms with van der Waals surface area (Å²) in [6.07, 6.45) is 3.41. The fourth-order valence-electron chi connectivity index (χ4n) is 1.86. The van der Waals surface area contributed by atoms with Gasteiger partial charge >= 0.3 is 0 Å². The summed E-state index contributed by atoms with van der Waals surface area (Å²) < 4.78 is 0. The van der Waals surface area contributed by atoms with E-state index in [9.17, 15) is 5.11 Å². The fourth-order valence-corrected chi connectivity index (χ4v) is 1.86. The molecular formula is C13H17NO. The van der Waals surface area contributed by atoms with Crippen LogP contribution in [0.3, 0.4) is 0 Å². The molecule has 2 heteroatoms. The first-order chi connectivity index (χ1) is 7.09. The van der Waals surface area contributed by atoms with Crippen molar-refractivity contribution in [2.24, 2.45) is 0 Å². The van der Waals surface area contributed by atoms with E-state index in [0.29, 0.717) is 12.3 Å². The van der Waals surface area contributed by atoms with Gasteiger partial charge in [-0.2, -0.15) is 0 Å². The SMILES string of the molecule is CC(C)c1ccc2c(c1)[C]CC(O)N2C. The van der Waals surface area contributed by atoms with Crippen LogP contribution in [0.15, 0.2) is 18.2 Å². The van der Waals surface area contributed by atoms with E-state index in [1.54, 1.807) is 0 Å². The minimum atomic E-state index is -0.428. The Morgan fingerprint density at radius 1 is 1.47 bits per heavy atom. The Bertz CT molecular complexity index is 360. The van der Waals surface area contributed by atoms with Gasteiger partial charge in [-0.3, -0.25) is 0 Å². The minimum absolute atomic E-state index is 0.428. The van der Waals surface area contributed by atoms with Crippen LogP contribution in [0.25, 0.3) is 0 Å². The summed E-state index contributed by atoms with van der Waals surface area (Å²) in [5.74, 6) is 0.536. The number of nitrogens with zero attached hydrogens (tertiary/aromatic N) is 1. The van der Waals surface area contributed by atoms with Crippen molar-refractivity contribution in [1.29, 1.82) is 0 Å². The molecule has 1 atom stereocenters. The maximum atomic E-state index is 9.67. The molecule has 0 fully saturated rings. The van der Waals surface area contributed by atoms with Crippen molar-refractivity contribution in [3.05, 3.63) is 35.7 Å². The molecule has 1 aliphatic rings. The molecule has 2 nitrogen and oxygen atoms in total. The molecule has 0 aromatic heterocycles. The van der Waals surface area contributed by atoms with Crippen molar-refractivity contribution in [2.45, 2.75) is 32.4 Å². The molecule has 1 aliphatic heterocycles. The Morgan fingerprint density at radius 2 is 2.20 bits per heavy atom. The lowest BCUT2D eigenvalue weighted by atomic mass is 9.94. The van der Waals surface area contributed by atoms with Crippen molar-refractivity contribution < 1.29 is 5.11 Å². The van der Waals surface area contributed by atoms with E-state index in [-0.39, 0.29) is 0 Å². The van der Waals surface area contributed by atoms with Gasteiger partial charge in [0.1, 0.15) is 6.23 Å². The molecule has 1 aromatic carbocycles. The Labute approximate surface area is 91.5 Å². The highest BCUT2D eigenvalue weighted by atomic mass is 16.3. The van der Waals surface area contributed by atoms with Crippen molar-refractivity contribution >= 4 is 5.69 Å².